The third kappa shape index (κ3) is 5.28. The van der Waals surface area contributed by atoms with E-state index >= 15 is 0 Å². The molecule has 0 saturated heterocycles. The lowest BCUT2D eigenvalue weighted by Gasteiger charge is -2.22. The lowest BCUT2D eigenvalue weighted by Crippen LogP contribution is -2.37. The number of aliphatic hydroxyl groups is 1. The fourth-order valence-electron chi connectivity index (χ4n) is 1.71. The molecule has 0 aliphatic rings. The Labute approximate surface area is 114 Å². The summed E-state index contributed by atoms with van der Waals surface area (Å²) in [7, 11) is 0. The Bertz CT molecular complexity index is 379. The number of aliphatic hydroxyl groups excluding tert-OH is 1. The van der Waals surface area contributed by atoms with Crippen LogP contribution in [0.2, 0.25) is 0 Å². The van der Waals surface area contributed by atoms with Crippen LogP contribution in [0.15, 0.2) is 24.3 Å². The summed E-state index contributed by atoms with van der Waals surface area (Å²) in [6.45, 7) is 3.54. The van der Waals surface area contributed by atoms with Crippen molar-refractivity contribution in [1.29, 1.82) is 0 Å². The van der Waals surface area contributed by atoms with Crippen LogP contribution < -0.4 is 11.1 Å². The summed E-state index contributed by atoms with van der Waals surface area (Å²) in [5.41, 5.74) is 7.28. The average Bonchev–Trinajstić information content (AvgIpc) is 2.44. The smallest absolute Gasteiger partial charge is 0.321 e. The van der Waals surface area contributed by atoms with Gasteiger partial charge in [-0.05, 0) is 24.1 Å². The van der Waals surface area contributed by atoms with E-state index in [0.29, 0.717) is 19.6 Å². The van der Waals surface area contributed by atoms with Crippen molar-refractivity contribution in [3.05, 3.63) is 29.8 Å². The van der Waals surface area contributed by atoms with Gasteiger partial charge in [0.1, 0.15) is 0 Å². The van der Waals surface area contributed by atoms with Gasteiger partial charge in [0.15, 0.2) is 0 Å². The second-order valence-electron chi connectivity index (χ2n) is 4.40. The quantitative estimate of drug-likeness (QED) is 0.703. The molecule has 0 saturated carbocycles. The molecule has 5 heteroatoms. The van der Waals surface area contributed by atoms with Crippen molar-refractivity contribution >= 4 is 11.7 Å². The van der Waals surface area contributed by atoms with Gasteiger partial charge in [0, 0.05) is 25.3 Å². The van der Waals surface area contributed by atoms with E-state index in [2.05, 4.69) is 12.2 Å². The molecule has 0 spiro atoms. The van der Waals surface area contributed by atoms with E-state index in [1.54, 1.807) is 4.90 Å². The van der Waals surface area contributed by atoms with E-state index in [9.17, 15) is 4.79 Å². The molecule has 106 valence electrons. The first-order chi connectivity index (χ1) is 9.21. The number of nitrogens with zero attached hydrogens (tertiary/aromatic N) is 1. The monoisotopic (exact) mass is 265 g/mol. The average molecular weight is 265 g/mol. The van der Waals surface area contributed by atoms with Gasteiger partial charge >= 0.3 is 6.03 Å². The number of urea groups is 1. The topological polar surface area (TPSA) is 78.6 Å². The number of rotatable bonds is 7. The van der Waals surface area contributed by atoms with Crippen molar-refractivity contribution in [3.8, 4) is 0 Å². The third-order valence-electron chi connectivity index (χ3n) is 2.88. The molecule has 2 amide bonds. The van der Waals surface area contributed by atoms with Gasteiger partial charge in [0.2, 0.25) is 0 Å². The van der Waals surface area contributed by atoms with Gasteiger partial charge in [0.25, 0.3) is 0 Å². The Morgan fingerprint density at radius 3 is 2.53 bits per heavy atom. The van der Waals surface area contributed by atoms with Crippen LogP contribution >= 0.6 is 0 Å². The van der Waals surface area contributed by atoms with Gasteiger partial charge in [-0.2, -0.15) is 0 Å². The molecule has 19 heavy (non-hydrogen) atoms. The van der Waals surface area contributed by atoms with Crippen molar-refractivity contribution in [1.82, 2.24) is 4.90 Å². The van der Waals surface area contributed by atoms with Gasteiger partial charge in [-0.1, -0.05) is 25.5 Å². The number of nitrogens with one attached hydrogen (secondary N) is 1. The molecular weight excluding hydrogens is 242 g/mol. The molecule has 0 aromatic heterocycles. The number of unbranched alkanes of at least 4 members (excludes halogenated alkanes) is 1. The predicted molar refractivity (Wildman–Crippen MR) is 76.9 cm³/mol. The Morgan fingerprint density at radius 1 is 1.32 bits per heavy atom. The zero-order valence-electron chi connectivity index (χ0n) is 11.4. The first-order valence-corrected chi connectivity index (χ1v) is 6.67. The number of carbonyl (C=O) groups excluding carboxylic acids is 1. The molecule has 0 heterocycles. The second-order valence-corrected chi connectivity index (χ2v) is 4.40. The number of nitrogens with two attached hydrogens (primary N) is 1. The minimum atomic E-state index is -0.178. The molecular formula is C14H23N3O2. The molecule has 1 rings (SSSR count). The molecule has 0 aliphatic heterocycles. The molecule has 0 bridgehead atoms. The van der Waals surface area contributed by atoms with Gasteiger partial charge in [0.05, 0.1) is 6.61 Å². The zero-order chi connectivity index (χ0) is 14.1. The zero-order valence-corrected chi connectivity index (χ0v) is 11.4. The third-order valence-corrected chi connectivity index (χ3v) is 2.88. The number of amides is 2. The SMILES string of the molecule is CCCCN(CCO)C(=O)Nc1ccc(CN)cc1. The van der Waals surface area contributed by atoms with Gasteiger partial charge in [-0.3, -0.25) is 0 Å². The maximum absolute atomic E-state index is 12.0. The van der Waals surface area contributed by atoms with Crippen molar-refractivity contribution in [2.75, 3.05) is 25.0 Å². The van der Waals surface area contributed by atoms with E-state index in [4.69, 9.17) is 10.8 Å². The van der Waals surface area contributed by atoms with E-state index in [1.807, 2.05) is 24.3 Å². The molecule has 5 nitrogen and oxygen atoms in total. The first kappa shape index (κ1) is 15.5. The fraction of sp³-hybridized carbons (Fsp3) is 0.500. The molecule has 4 N–H and O–H groups in total. The van der Waals surface area contributed by atoms with Crippen LogP contribution in [-0.2, 0) is 6.54 Å². The number of benzene rings is 1. The molecule has 0 fully saturated rings. The summed E-state index contributed by atoms with van der Waals surface area (Å²) in [5, 5.41) is 11.8. The largest absolute Gasteiger partial charge is 0.395 e. The first-order valence-electron chi connectivity index (χ1n) is 6.67. The van der Waals surface area contributed by atoms with Crippen molar-refractivity contribution in [3.63, 3.8) is 0 Å². The summed E-state index contributed by atoms with van der Waals surface area (Å²) in [6, 6.07) is 7.26. The van der Waals surface area contributed by atoms with Gasteiger partial charge < -0.3 is 21.1 Å². The summed E-state index contributed by atoms with van der Waals surface area (Å²) >= 11 is 0. The Morgan fingerprint density at radius 2 is 2.00 bits per heavy atom. The molecule has 1 aromatic carbocycles. The van der Waals surface area contributed by atoms with Crippen LogP contribution in [0.25, 0.3) is 0 Å². The van der Waals surface area contributed by atoms with Crippen molar-refractivity contribution in [2.24, 2.45) is 5.73 Å². The van der Waals surface area contributed by atoms with Gasteiger partial charge in [-0.15, -0.1) is 0 Å². The minimum Gasteiger partial charge on any atom is -0.395 e. The molecule has 0 atom stereocenters. The number of anilines is 1. The van der Waals surface area contributed by atoms with Crippen LogP contribution in [0.3, 0.4) is 0 Å². The van der Waals surface area contributed by atoms with Crippen molar-refractivity contribution < 1.29 is 9.90 Å². The summed E-state index contributed by atoms with van der Waals surface area (Å²) < 4.78 is 0. The lowest BCUT2D eigenvalue weighted by atomic mass is 10.2. The Balaban J connectivity index is 2.58. The Hall–Kier alpha value is -1.59. The molecule has 0 unspecified atom stereocenters. The van der Waals surface area contributed by atoms with Gasteiger partial charge in [-0.25, -0.2) is 4.79 Å². The van der Waals surface area contributed by atoms with Crippen LogP contribution in [0.1, 0.15) is 25.3 Å². The van der Waals surface area contributed by atoms with E-state index in [-0.39, 0.29) is 12.6 Å². The van der Waals surface area contributed by atoms with Crippen LogP contribution in [0, 0.1) is 0 Å². The lowest BCUT2D eigenvalue weighted by molar-refractivity contribution is 0.187. The minimum absolute atomic E-state index is 0.0246. The van der Waals surface area contributed by atoms with E-state index in [0.717, 1.165) is 24.1 Å². The summed E-state index contributed by atoms with van der Waals surface area (Å²) in [5.74, 6) is 0. The predicted octanol–water partition coefficient (Wildman–Crippen LogP) is 1.77. The number of hydrogen-bond acceptors (Lipinski definition) is 3. The van der Waals surface area contributed by atoms with Crippen molar-refractivity contribution in [2.45, 2.75) is 26.3 Å². The second kappa shape index (κ2) is 8.50. The fourth-order valence-corrected chi connectivity index (χ4v) is 1.71. The van der Waals surface area contributed by atoms with E-state index in [1.165, 1.54) is 0 Å². The summed E-state index contributed by atoms with van der Waals surface area (Å²) in [4.78, 5) is 13.7. The normalized spacial score (nSPS) is 10.3. The highest BCUT2D eigenvalue weighted by Gasteiger charge is 2.12. The molecule has 0 aliphatic carbocycles. The molecule has 0 radical (unpaired) electrons. The maximum Gasteiger partial charge on any atom is 0.321 e. The number of hydrogen-bond donors (Lipinski definition) is 3. The standard InChI is InChI=1S/C14H23N3O2/c1-2-3-8-17(9-10-18)14(19)16-13-6-4-12(11-15)5-7-13/h4-7,18H,2-3,8-11,15H2,1H3,(H,16,19). The summed E-state index contributed by atoms with van der Waals surface area (Å²) in [6.07, 6.45) is 1.94. The Kier molecular flexibility index (Phi) is 6.92. The van der Waals surface area contributed by atoms with Crippen LogP contribution in [-0.4, -0.2) is 35.7 Å². The van der Waals surface area contributed by atoms with Crippen LogP contribution in [0.4, 0.5) is 10.5 Å². The number of carbonyl (C=O) groups is 1. The van der Waals surface area contributed by atoms with E-state index < -0.39 is 0 Å². The maximum atomic E-state index is 12.0. The highest BCUT2D eigenvalue weighted by atomic mass is 16.3. The molecule has 1 aromatic rings. The highest BCUT2D eigenvalue weighted by molar-refractivity contribution is 5.89. The van der Waals surface area contributed by atoms with Crippen LogP contribution in [0.5, 0.6) is 0 Å². The highest BCUT2D eigenvalue weighted by Crippen LogP contribution is 2.10.